The number of primary amides is 1. The molecule has 2 N–H and O–H groups in total. The van der Waals surface area contributed by atoms with E-state index >= 15 is 0 Å². The monoisotopic (exact) mass is 143 g/mol. The molecule has 0 bridgehead atoms. The maximum atomic E-state index is 10.1. The number of unbranched alkanes of at least 4 members (excludes halogenated alkanes) is 1. The van der Waals surface area contributed by atoms with Gasteiger partial charge in [0.15, 0.2) is 0 Å². The lowest BCUT2D eigenvalue weighted by molar-refractivity contribution is -0.113. The quantitative estimate of drug-likeness (QED) is 0.351. The Kier molecular flexibility index (Phi) is 5.53. The maximum absolute atomic E-state index is 10.1. The van der Waals surface area contributed by atoms with Crippen molar-refractivity contribution in [3.05, 3.63) is 12.3 Å². The molecule has 0 aromatic heterocycles. The van der Waals surface area contributed by atoms with E-state index in [1.807, 2.05) is 0 Å². The predicted molar refractivity (Wildman–Crippen MR) is 39.2 cm³/mol. The summed E-state index contributed by atoms with van der Waals surface area (Å²) in [5.41, 5.74) is 4.80. The number of rotatable bonds is 5. The fourth-order valence-corrected chi connectivity index (χ4v) is 0.411. The number of hydrogen-bond acceptors (Lipinski definition) is 2. The van der Waals surface area contributed by atoms with Crippen molar-refractivity contribution < 1.29 is 9.53 Å². The topological polar surface area (TPSA) is 52.3 Å². The zero-order valence-electron chi connectivity index (χ0n) is 6.17. The van der Waals surface area contributed by atoms with Gasteiger partial charge in [0.2, 0.25) is 5.91 Å². The molecule has 0 aromatic rings. The zero-order valence-corrected chi connectivity index (χ0v) is 6.17. The fraction of sp³-hybridized carbons (Fsp3) is 0.571. The maximum Gasteiger partial charge on any atom is 0.244 e. The second kappa shape index (κ2) is 6.13. The number of carbonyl (C=O) groups excluding carboxylic acids is 1. The molecule has 0 aliphatic carbocycles. The highest BCUT2D eigenvalue weighted by molar-refractivity contribution is 5.85. The van der Waals surface area contributed by atoms with Gasteiger partial charge in [-0.1, -0.05) is 13.3 Å². The van der Waals surface area contributed by atoms with Gasteiger partial charge in [-0.15, -0.1) is 0 Å². The van der Waals surface area contributed by atoms with Gasteiger partial charge in [0.05, 0.1) is 12.9 Å². The Bertz CT molecular complexity index is 121. The molecule has 0 rings (SSSR count). The van der Waals surface area contributed by atoms with Crippen molar-refractivity contribution in [3.8, 4) is 0 Å². The van der Waals surface area contributed by atoms with Gasteiger partial charge in [0, 0.05) is 6.08 Å². The van der Waals surface area contributed by atoms with Crippen LogP contribution in [0.1, 0.15) is 19.8 Å². The minimum absolute atomic E-state index is 0.475. The third-order valence-corrected chi connectivity index (χ3v) is 0.944. The second-order valence-corrected chi connectivity index (χ2v) is 1.93. The molecule has 1 amide bonds. The third-order valence-electron chi connectivity index (χ3n) is 0.944. The molecular weight excluding hydrogens is 130 g/mol. The van der Waals surface area contributed by atoms with Crippen molar-refractivity contribution in [2.45, 2.75) is 19.8 Å². The summed E-state index contributed by atoms with van der Waals surface area (Å²) < 4.78 is 4.90. The lowest BCUT2D eigenvalue weighted by Gasteiger charge is -1.95. The third kappa shape index (κ3) is 7.01. The Morgan fingerprint density at radius 1 is 1.70 bits per heavy atom. The van der Waals surface area contributed by atoms with E-state index in [0.29, 0.717) is 6.61 Å². The molecule has 0 unspecified atom stereocenters. The number of ether oxygens (including phenoxy) is 1. The Morgan fingerprint density at radius 3 is 2.90 bits per heavy atom. The Balaban J connectivity index is 3.10. The molecule has 58 valence electrons. The van der Waals surface area contributed by atoms with Crippen molar-refractivity contribution in [3.63, 3.8) is 0 Å². The average Bonchev–Trinajstić information content (AvgIpc) is 1.87. The minimum Gasteiger partial charge on any atom is -0.501 e. The van der Waals surface area contributed by atoms with Crippen LogP contribution in [0.5, 0.6) is 0 Å². The molecule has 0 aliphatic heterocycles. The van der Waals surface area contributed by atoms with Gasteiger partial charge < -0.3 is 10.5 Å². The highest BCUT2D eigenvalue weighted by Gasteiger charge is 1.82. The Hall–Kier alpha value is -0.990. The Labute approximate surface area is 60.9 Å². The van der Waals surface area contributed by atoms with Crippen LogP contribution in [0.4, 0.5) is 0 Å². The van der Waals surface area contributed by atoms with E-state index in [2.05, 4.69) is 6.92 Å². The zero-order chi connectivity index (χ0) is 7.82. The van der Waals surface area contributed by atoms with Crippen LogP contribution >= 0.6 is 0 Å². The first-order valence-electron chi connectivity index (χ1n) is 3.35. The van der Waals surface area contributed by atoms with Crippen LogP contribution in [0.2, 0.25) is 0 Å². The molecular formula is C7H13NO2. The molecule has 10 heavy (non-hydrogen) atoms. The first kappa shape index (κ1) is 9.01. The lowest BCUT2D eigenvalue weighted by Crippen LogP contribution is -2.05. The molecule has 3 heteroatoms. The SMILES string of the molecule is CCCCOC=CC(N)=O. The van der Waals surface area contributed by atoms with Gasteiger partial charge in [-0.3, -0.25) is 4.79 Å². The highest BCUT2D eigenvalue weighted by atomic mass is 16.5. The van der Waals surface area contributed by atoms with Crippen molar-refractivity contribution in [2.75, 3.05) is 6.61 Å². The average molecular weight is 143 g/mol. The summed E-state index contributed by atoms with van der Waals surface area (Å²) >= 11 is 0. The summed E-state index contributed by atoms with van der Waals surface area (Å²) in [6.07, 6.45) is 4.63. The predicted octanol–water partition coefficient (Wildman–Crippen LogP) is 0.802. The van der Waals surface area contributed by atoms with Gasteiger partial charge in [-0.25, -0.2) is 0 Å². The van der Waals surface area contributed by atoms with E-state index in [4.69, 9.17) is 10.5 Å². The summed E-state index contributed by atoms with van der Waals surface area (Å²) in [4.78, 5) is 10.1. The Morgan fingerprint density at radius 2 is 2.40 bits per heavy atom. The largest absolute Gasteiger partial charge is 0.501 e. The van der Waals surface area contributed by atoms with Crippen LogP contribution in [0, 0.1) is 0 Å². The molecule has 0 saturated heterocycles. The van der Waals surface area contributed by atoms with Crippen LogP contribution in [-0.4, -0.2) is 12.5 Å². The molecule has 0 radical (unpaired) electrons. The summed E-state index contributed by atoms with van der Waals surface area (Å²) in [6.45, 7) is 2.72. The molecule has 0 heterocycles. The number of carbonyl (C=O) groups is 1. The lowest BCUT2D eigenvalue weighted by atomic mass is 10.4. The van der Waals surface area contributed by atoms with Crippen LogP contribution in [0.15, 0.2) is 12.3 Å². The standard InChI is InChI=1S/C7H13NO2/c1-2-3-5-10-6-4-7(8)9/h4,6H,2-3,5H2,1H3,(H2,8,9). The van der Waals surface area contributed by atoms with E-state index in [-0.39, 0.29) is 0 Å². The first-order chi connectivity index (χ1) is 4.77. The summed E-state index contributed by atoms with van der Waals surface area (Å²) in [5, 5.41) is 0. The van der Waals surface area contributed by atoms with Crippen molar-refractivity contribution in [1.29, 1.82) is 0 Å². The highest BCUT2D eigenvalue weighted by Crippen LogP contribution is 1.87. The van der Waals surface area contributed by atoms with Crippen molar-refractivity contribution in [2.24, 2.45) is 5.73 Å². The molecule has 0 aliphatic rings. The summed E-state index contributed by atoms with van der Waals surface area (Å²) in [6, 6.07) is 0. The van der Waals surface area contributed by atoms with E-state index in [1.54, 1.807) is 0 Å². The van der Waals surface area contributed by atoms with Crippen LogP contribution in [0.25, 0.3) is 0 Å². The molecule has 0 aromatic carbocycles. The molecule has 0 atom stereocenters. The minimum atomic E-state index is -0.475. The van der Waals surface area contributed by atoms with Crippen LogP contribution in [-0.2, 0) is 9.53 Å². The van der Waals surface area contributed by atoms with Crippen molar-refractivity contribution in [1.82, 2.24) is 0 Å². The summed E-state index contributed by atoms with van der Waals surface area (Å²) in [7, 11) is 0. The fourth-order valence-electron chi connectivity index (χ4n) is 0.411. The van der Waals surface area contributed by atoms with Gasteiger partial charge in [0.25, 0.3) is 0 Å². The molecule has 0 saturated carbocycles. The van der Waals surface area contributed by atoms with E-state index < -0.39 is 5.91 Å². The second-order valence-electron chi connectivity index (χ2n) is 1.93. The number of amides is 1. The molecule has 0 fully saturated rings. The summed E-state index contributed by atoms with van der Waals surface area (Å²) in [5.74, 6) is -0.475. The smallest absolute Gasteiger partial charge is 0.244 e. The number of hydrogen-bond donors (Lipinski definition) is 1. The van der Waals surface area contributed by atoms with Gasteiger partial charge >= 0.3 is 0 Å². The van der Waals surface area contributed by atoms with Gasteiger partial charge in [0.1, 0.15) is 0 Å². The molecule has 0 spiro atoms. The van der Waals surface area contributed by atoms with E-state index in [9.17, 15) is 4.79 Å². The molecule has 3 nitrogen and oxygen atoms in total. The van der Waals surface area contributed by atoms with Crippen LogP contribution < -0.4 is 5.73 Å². The van der Waals surface area contributed by atoms with Crippen molar-refractivity contribution >= 4 is 5.91 Å². The van der Waals surface area contributed by atoms with Gasteiger partial charge in [-0.2, -0.15) is 0 Å². The number of nitrogens with two attached hydrogens (primary N) is 1. The first-order valence-corrected chi connectivity index (χ1v) is 3.35. The van der Waals surface area contributed by atoms with Crippen LogP contribution in [0.3, 0.4) is 0 Å². The van der Waals surface area contributed by atoms with Gasteiger partial charge in [-0.05, 0) is 6.42 Å². The van der Waals surface area contributed by atoms with E-state index in [1.165, 1.54) is 12.3 Å². The van der Waals surface area contributed by atoms with E-state index in [0.717, 1.165) is 12.8 Å². The normalized spacial score (nSPS) is 10.1.